The molecule has 0 radical (unpaired) electrons. The van der Waals surface area contributed by atoms with Crippen LogP contribution in [0.15, 0.2) is 18.2 Å². The summed E-state index contributed by atoms with van der Waals surface area (Å²) in [5.74, 6) is 0.491. The summed E-state index contributed by atoms with van der Waals surface area (Å²) < 4.78 is 4.85. The molecular weight excluding hydrogens is 234 g/mol. The van der Waals surface area contributed by atoms with E-state index in [1.54, 1.807) is 12.1 Å². The second kappa shape index (κ2) is 5.26. The molecule has 1 heterocycles. The third-order valence-electron chi connectivity index (χ3n) is 2.31. The average Bonchev–Trinajstić information content (AvgIpc) is 2.76. The van der Waals surface area contributed by atoms with E-state index in [9.17, 15) is 4.79 Å². The fourth-order valence-electron chi connectivity index (χ4n) is 1.47. The number of amides is 1. The standard InChI is InChI=1S/C11H15N5O2/c1-2-5-18-11(17)16-15-10-8-6-7(12)3-4-9(8)13-14-10/h3-4,6H,2,5,12H2,1H3,(H,16,17)(H2,13,14,15). The first-order valence-electron chi connectivity index (χ1n) is 5.63. The van der Waals surface area contributed by atoms with Crippen LogP contribution in [-0.2, 0) is 4.74 Å². The largest absolute Gasteiger partial charge is 0.448 e. The number of nitrogens with zero attached hydrogens (tertiary/aromatic N) is 1. The van der Waals surface area contributed by atoms with Crippen molar-refractivity contribution in [2.75, 3.05) is 17.8 Å². The molecule has 0 aliphatic carbocycles. The van der Waals surface area contributed by atoms with Crippen LogP contribution in [0.1, 0.15) is 13.3 Å². The number of nitrogen functional groups attached to an aromatic ring is 1. The Balaban J connectivity index is 2.03. The minimum Gasteiger partial charge on any atom is -0.448 e. The molecule has 0 saturated carbocycles. The van der Waals surface area contributed by atoms with Gasteiger partial charge in [-0.1, -0.05) is 6.92 Å². The topological polar surface area (TPSA) is 105 Å². The fourth-order valence-corrected chi connectivity index (χ4v) is 1.47. The molecule has 1 aromatic heterocycles. The van der Waals surface area contributed by atoms with Gasteiger partial charge >= 0.3 is 6.09 Å². The number of nitrogens with one attached hydrogen (secondary N) is 3. The number of hydrogen-bond donors (Lipinski definition) is 4. The number of fused-ring (bicyclic) bond motifs is 1. The second-order valence-electron chi connectivity index (χ2n) is 3.76. The molecule has 1 amide bonds. The number of aromatic amines is 1. The number of nitrogens with two attached hydrogens (primary N) is 1. The Morgan fingerprint density at radius 3 is 3.17 bits per heavy atom. The van der Waals surface area contributed by atoms with Gasteiger partial charge in [0.1, 0.15) is 0 Å². The second-order valence-corrected chi connectivity index (χ2v) is 3.76. The number of hydrazine groups is 1. The summed E-state index contributed by atoms with van der Waals surface area (Å²) in [6.45, 7) is 2.30. The van der Waals surface area contributed by atoms with Gasteiger partial charge in [-0.15, -0.1) is 0 Å². The van der Waals surface area contributed by atoms with Gasteiger partial charge in [0.2, 0.25) is 0 Å². The lowest BCUT2D eigenvalue weighted by molar-refractivity contribution is 0.148. The average molecular weight is 249 g/mol. The quantitative estimate of drug-likeness (QED) is 0.486. The minimum absolute atomic E-state index is 0.377. The molecule has 0 saturated heterocycles. The van der Waals surface area contributed by atoms with Gasteiger partial charge in [0.05, 0.1) is 12.1 Å². The van der Waals surface area contributed by atoms with E-state index >= 15 is 0 Å². The Bertz CT molecular complexity index is 551. The van der Waals surface area contributed by atoms with Crippen molar-refractivity contribution in [3.63, 3.8) is 0 Å². The van der Waals surface area contributed by atoms with E-state index in [1.165, 1.54) is 0 Å². The van der Waals surface area contributed by atoms with Crippen LogP contribution >= 0.6 is 0 Å². The summed E-state index contributed by atoms with van der Waals surface area (Å²) in [6, 6.07) is 5.35. The SMILES string of the molecule is CCCOC(=O)NNc1n[nH]c2ccc(N)cc12. The summed E-state index contributed by atoms with van der Waals surface area (Å²) >= 11 is 0. The maximum Gasteiger partial charge on any atom is 0.425 e. The lowest BCUT2D eigenvalue weighted by atomic mass is 10.2. The zero-order chi connectivity index (χ0) is 13.0. The molecule has 0 aliphatic rings. The molecule has 0 bridgehead atoms. The molecule has 1 aromatic carbocycles. The number of hydrogen-bond acceptors (Lipinski definition) is 5. The summed E-state index contributed by atoms with van der Waals surface area (Å²) in [7, 11) is 0. The van der Waals surface area contributed by atoms with E-state index in [1.807, 2.05) is 13.0 Å². The van der Waals surface area contributed by atoms with Crippen molar-refractivity contribution in [2.45, 2.75) is 13.3 Å². The van der Waals surface area contributed by atoms with Gasteiger partial charge < -0.3 is 10.5 Å². The third-order valence-corrected chi connectivity index (χ3v) is 2.31. The van der Waals surface area contributed by atoms with Crippen molar-refractivity contribution in [3.05, 3.63) is 18.2 Å². The minimum atomic E-state index is -0.545. The Labute approximate surface area is 104 Å². The third kappa shape index (κ3) is 2.62. The molecule has 0 atom stereocenters. The maximum atomic E-state index is 11.2. The highest BCUT2D eigenvalue weighted by Crippen LogP contribution is 2.21. The smallest absolute Gasteiger partial charge is 0.425 e. The highest BCUT2D eigenvalue weighted by molar-refractivity contribution is 5.92. The number of aromatic nitrogens is 2. The summed E-state index contributed by atoms with van der Waals surface area (Å²) in [4.78, 5) is 11.2. The van der Waals surface area contributed by atoms with Crippen LogP contribution in [0, 0.1) is 0 Å². The Kier molecular flexibility index (Phi) is 3.52. The predicted molar refractivity (Wildman–Crippen MR) is 68.9 cm³/mol. The van der Waals surface area contributed by atoms with Crippen molar-refractivity contribution < 1.29 is 9.53 Å². The van der Waals surface area contributed by atoms with E-state index in [2.05, 4.69) is 21.0 Å². The first-order chi connectivity index (χ1) is 8.70. The van der Waals surface area contributed by atoms with Crippen LogP contribution in [0.3, 0.4) is 0 Å². The van der Waals surface area contributed by atoms with Gasteiger partial charge in [-0.2, -0.15) is 5.10 Å². The van der Waals surface area contributed by atoms with Crippen molar-refractivity contribution in [1.82, 2.24) is 15.6 Å². The Hall–Kier alpha value is -2.44. The van der Waals surface area contributed by atoms with Gasteiger partial charge in [-0.3, -0.25) is 10.5 Å². The molecule has 2 aromatic rings. The number of benzene rings is 1. The molecule has 0 spiro atoms. The zero-order valence-corrected chi connectivity index (χ0v) is 9.99. The van der Waals surface area contributed by atoms with Crippen molar-refractivity contribution in [2.24, 2.45) is 0 Å². The number of rotatable bonds is 4. The highest BCUT2D eigenvalue weighted by atomic mass is 16.6. The first kappa shape index (κ1) is 12.0. The van der Waals surface area contributed by atoms with E-state index < -0.39 is 6.09 Å². The molecule has 18 heavy (non-hydrogen) atoms. The van der Waals surface area contributed by atoms with Gasteiger partial charge in [0.25, 0.3) is 0 Å². The molecule has 0 fully saturated rings. The van der Waals surface area contributed by atoms with E-state index in [0.717, 1.165) is 17.3 Å². The van der Waals surface area contributed by atoms with Gasteiger partial charge in [-0.05, 0) is 24.6 Å². The fraction of sp³-hybridized carbons (Fsp3) is 0.273. The van der Waals surface area contributed by atoms with Crippen molar-refractivity contribution in [3.8, 4) is 0 Å². The molecule has 96 valence electrons. The maximum absolute atomic E-state index is 11.2. The van der Waals surface area contributed by atoms with E-state index in [0.29, 0.717) is 18.1 Å². The Morgan fingerprint density at radius 1 is 1.56 bits per heavy atom. The van der Waals surface area contributed by atoms with Crippen molar-refractivity contribution >= 4 is 28.5 Å². The molecule has 0 unspecified atom stereocenters. The number of anilines is 2. The van der Waals surface area contributed by atoms with Gasteiger partial charge in [0.15, 0.2) is 5.82 Å². The predicted octanol–water partition coefficient (Wildman–Crippen LogP) is 1.61. The van der Waals surface area contributed by atoms with Gasteiger partial charge in [0, 0.05) is 11.1 Å². The molecule has 5 N–H and O–H groups in total. The zero-order valence-electron chi connectivity index (χ0n) is 9.99. The van der Waals surface area contributed by atoms with Crippen molar-refractivity contribution in [1.29, 1.82) is 0 Å². The molecule has 2 rings (SSSR count). The monoisotopic (exact) mass is 249 g/mol. The van der Waals surface area contributed by atoms with Gasteiger partial charge in [-0.25, -0.2) is 10.2 Å². The van der Waals surface area contributed by atoms with Crippen LogP contribution in [-0.4, -0.2) is 22.9 Å². The first-order valence-corrected chi connectivity index (χ1v) is 5.63. The number of carbonyl (C=O) groups excluding carboxylic acids is 1. The Morgan fingerprint density at radius 2 is 2.39 bits per heavy atom. The number of H-pyrrole nitrogens is 1. The van der Waals surface area contributed by atoms with Crippen LogP contribution in [0.4, 0.5) is 16.3 Å². The van der Waals surface area contributed by atoms with Crippen LogP contribution in [0.25, 0.3) is 10.9 Å². The summed E-state index contributed by atoms with van der Waals surface area (Å²) in [5, 5.41) is 7.65. The highest BCUT2D eigenvalue weighted by Gasteiger charge is 2.07. The molecule has 7 heteroatoms. The summed E-state index contributed by atoms with van der Waals surface area (Å²) in [6.07, 6.45) is 0.229. The van der Waals surface area contributed by atoms with Crippen LogP contribution < -0.4 is 16.6 Å². The van der Waals surface area contributed by atoms with Crippen LogP contribution in [0.2, 0.25) is 0 Å². The van der Waals surface area contributed by atoms with E-state index in [-0.39, 0.29) is 0 Å². The molecule has 7 nitrogen and oxygen atoms in total. The summed E-state index contributed by atoms with van der Waals surface area (Å²) in [5.41, 5.74) is 12.2. The molecular formula is C11H15N5O2. The lowest BCUT2D eigenvalue weighted by Crippen LogP contribution is -2.30. The van der Waals surface area contributed by atoms with Crippen LogP contribution in [0.5, 0.6) is 0 Å². The normalized spacial score (nSPS) is 10.3. The molecule has 0 aliphatic heterocycles. The number of carbonyl (C=O) groups is 1. The lowest BCUT2D eigenvalue weighted by Gasteiger charge is -2.06. The van der Waals surface area contributed by atoms with E-state index in [4.69, 9.17) is 10.5 Å². The number of ether oxygens (including phenoxy) is 1.